The molecule has 4 aromatic carbocycles. The van der Waals surface area contributed by atoms with E-state index in [1.165, 1.54) is 25.2 Å². The van der Waals surface area contributed by atoms with Gasteiger partial charge in [0.05, 0.1) is 42.1 Å². The maximum Gasteiger partial charge on any atom is 0.300 e. The summed E-state index contributed by atoms with van der Waals surface area (Å²) in [6.07, 6.45) is 0. The highest BCUT2D eigenvalue weighted by Crippen LogP contribution is 2.49. The number of amides is 1. The van der Waals surface area contributed by atoms with Gasteiger partial charge in [-0.05, 0) is 34.1 Å². The van der Waals surface area contributed by atoms with Crippen molar-refractivity contribution in [3.63, 3.8) is 0 Å². The fourth-order valence-electron chi connectivity index (χ4n) is 5.27. The second kappa shape index (κ2) is 10.8. The number of ketones is 1. The van der Waals surface area contributed by atoms with E-state index >= 15 is 0 Å². The molecular formula is C33H29Cl2NO5. The van der Waals surface area contributed by atoms with Gasteiger partial charge in [0.1, 0.15) is 10.8 Å². The van der Waals surface area contributed by atoms with Crippen LogP contribution in [0.15, 0.2) is 78.4 Å². The monoisotopic (exact) mass is 589 g/mol. The SMILES string of the molecule is COc1c(Cl)cc(/C(O)=C2\C(=O)C(=O)N(c3cccc4ccccc34)C2c2ccc(C(C)(C)C)cc2)c(OC)c1Cl. The number of benzene rings is 4. The minimum Gasteiger partial charge on any atom is -0.507 e. The third-order valence-electron chi connectivity index (χ3n) is 7.36. The van der Waals surface area contributed by atoms with Crippen LogP contribution < -0.4 is 14.4 Å². The molecule has 6 nitrogen and oxygen atoms in total. The molecule has 0 aromatic heterocycles. The molecule has 1 amide bonds. The molecule has 8 heteroatoms. The summed E-state index contributed by atoms with van der Waals surface area (Å²) in [5.74, 6) is -1.85. The second-order valence-electron chi connectivity index (χ2n) is 10.8. The number of fused-ring (bicyclic) bond motifs is 1. The van der Waals surface area contributed by atoms with Crippen LogP contribution in [0.3, 0.4) is 0 Å². The topological polar surface area (TPSA) is 76.1 Å². The Morgan fingerprint density at radius 1 is 0.878 bits per heavy atom. The zero-order valence-electron chi connectivity index (χ0n) is 23.3. The predicted molar refractivity (Wildman–Crippen MR) is 163 cm³/mol. The van der Waals surface area contributed by atoms with Crippen molar-refractivity contribution in [1.29, 1.82) is 0 Å². The quantitative estimate of drug-likeness (QED) is 0.145. The van der Waals surface area contributed by atoms with Gasteiger partial charge in [0, 0.05) is 5.39 Å². The van der Waals surface area contributed by atoms with E-state index < -0.39 is 23.5 Å². The molecule has 1 saturated heterocycles. The molecule has 5 rings (SSSR count). The zero-order valence-corrected chi connectivity index (χ0v) is 24.8. The second-order valence-corrected chi connectivity index (χ2v) is 11.6. The molecule has 0 radical (unpaired) electrons. The number of hydrogen-bond acceptors (Lipinski definition) is 5. The summed E-state index contributed by atoms with van der Waals surface area (Å²) in [6.45, 7) is 6.31. The molecule has 4 aromatic rings. The van der Waals surface area contributed by atoms with Crippen molar-refractivity contribution in [2.45, 2.75) is 32.2 Å². The van der Waals surface area contributed by atoms with E-state index in [0.29, 0.717) is 11.3 Å². The summed E-state index contributed by atoms with van der Waals surface area (Å²) in [4.78, 5) is 29.1. The van der Waals surface area contributed by atoms with Crippen LogP contribution in [-0.4, -0.2) is 31.0 Å². The Morgan fingerprint density at radius 3 is 2.15 bits per heavy atom. The third-order valence-corrected chi connectivity index (χ3v) is 7.98. The third kappa shape index (κ3) is 4.81. The number of Topliss-reactive ketones (excluding diaryl/α,β-unsaturated/α-hetero) is 1. The Kier molecular flexibility index (Phi) is 7.49. The lowest BCUT2D eigenvalue weighted by atomic mass is 9.85. The Morgan fingerprint density at radius 2 is 1.51 bits per heavy atom. The Bertz CT molecular complexity index is 1720. The summed E-state index contributed by atoms with van der Waals surface area (Å²) < 4.78 is 10.8. The lowest BCUT2D eigenvalue weighted by Gasteiger charge is -2.27. The molecular weight excluding hydrogens is 561 g/mol. The van der Waals surface area contributed by atoms with Crippen molar-refractivity contribution in [3.05, 3.63) is 105 Å². The summed E-state index contributed by atoms with van der Waals surface area (Å²) in [5, 5.41) is 13.6. The molecule has 0 bridgehead atoms. The van der Waals surface area contributed by atoms with Gasteiger partial charge in [-0.15, -0.1) is 0 Å². The minimum absolute atomic E-state index is 0.0263. The smallest absolute Gasteiger partial charge is 0.300 e. The molecule has 1 aliphatic rings. The number of rotatable bonds is 5. The average Bonchev–Trinajstić information content (AvgIpc) is 3.21. The molecule has 1 unspecified atom stereocenters. The number of aliphatic hydroxyl groups is 1. The number of methoxy groups -OCH3 is 2. The van der Waals surface area contributed by atoms with Crippen LogP contribution in [0.1, 0.15) is 43.5 Å². The Labute approximate surface area is 248 Å². The fraction of sp³-hybridized carbons (Fsp3) is 0.212. The molecule has 0 aliphatic carbocycles. The number of aliphatic hydroxyl groups excluding tert-OH is 1. The first-order valence-electron chi connectivity index (χ1n) is 13.0. The fourth-order valence-corrected chi connectivity index (χ4v) is 5.96. The summed E-state index contributed by atoms with van der Waals surface area (Å²) in [7, 11) is 2.78. The van der Waals surface area contributed by atoms with E-state index in [9.17, 15) is 14.7 Å². The average molecular weight is 591 g/mol. The van der Waals surface area contributed by atoms with Gasteiger partial charge in [-0.1, -0.05) is 105 Å². The Balaban J connectivity index is 1.81. The molecule has 1 heterocycles. The lowest BCUT2D eigenvalue weighted by molar-refractivity contribution is -0.132. The van der Waals surface area contributed by atoms with Gasteiger partial charge < -0.3 is 14.6 Å². The summed E-state index contributed by atoms with van der Waals surface area (Å²) in [6, 6.07) is 21.4. The van der Waals surface area contributed by atoms with Gasteiger partial charge in [0.25, 0.3) is 11.7 Å². The number of nitrogens with zero attached hydrogens (tertiary/aromatic N) is 1. The van der Waals surface area contributed by atoms with Crippen molar-refractivity contribution in [2.24, 2.45) is 0 Å². The van der Waals surface area contributed by atoms with Gasteiger partial charge in [-0.25, -0.2) is 0 Å². The highest BCUT2D eigenvalue weighted by atomic mass is 35.5. The standard InChI is InChI=1S/C33H29Cl2NO5/c1-33(2,3)20-15-13-19(14-16-20)27-25(28(37)22-17-23(34)31(41-5)26(35)30(22)40-4)29(38)32(39)36(27)24-12-8-10-18-9-6-7-11-21(18)24/h6-17,27,37H,1-5H3/b28-25+. The first-order valence-corrected chi connectivity index (χ1v) is 13.7. The first kappa shape index (κ1) is 28.5. The van der Waals surface area contributed by atoms with Crippen molar-refractivity contribution < 1.29 is 24.2 Å². The molecule has 1 fully saturated rings. The van der Waals surface area contributed by atoms with Gasteiger partial charge in [0.15, 0.2) is 11.5 Å². The summed E-state index contributed by atoms with van der Waals surface area (Å²) >= 11 is 12.9. The van der Waals surface area contributed by atoms with E-state index in [4.69, 9.17) is 32.7 Å². The van der Waals surface area contributed by atoms with Gasteiger partial charge in [-0.2, -0.15) is 0 Å². The highest BCUT2D eigenvalue weighted by Gasteiger charge is 2.48. The molecule has 1 atom stereocenters. The van der Waals surface area contributed by atoms with Crippen LogP contribution in [0, 0.1) is 0 Å². The van der Waals surface area contributed by atoms with Crippen LogP contribution in [0.2, 0.25) is 10.0 Å². The van der Waals surface area contributed by atoms with E-state index in [2.05, 4.69) is 20.8 Å². The van der Waals surface area contributed by atoms with Crippen LogP contribution >= 0.6 is 23.2 Å². The van der Waals surface area contributed by atoms with E-state index in [1.54, 1.807) is 6.07 Å². The van der Waals surface area contributed by atoms with Crippen molar-refractivity contribution >= 4 is 57.1 Å². The molecule has 41 heavy (non-hydrogen) atoms. The van der Waals surface area contributed by atoms with E-state index in [-0.39, 0.29) is 38.1 Å². The molecule has 1 N–H and O–H groups in total. The minimum atomic E-state index is -0.945. The largest absolute Gasteiger partial charge is 0.507 e. The van der Waals surface area contributed by atoms with Crippen molar-refractivity contribution in [2.75, 3.05) is 19.1 Å². The van der Waals surface area contributed by atoms with Crippen LogP contribution in [-0.2, 0) is 15.0 Å². The number of ether oxygens (including phenoxy) is 2. The number of carbonyl (C=O) groups is 2. The van der Waals surface area contributed by atoms with Crippen LogP contribution in [0.4, 0.5) is 5.69 Å². The normalized spacial score (nSPS) is 16.9. The van der Waals surface area contributed by atoms with Crippen molar-refractivity contribution in [1.82, 2.24) is 0 Å². The summed E-state index contributed by atoms with van der Waals surface area (Å²) in [5.41, 5.74) is 2.12. The molecule has 0 saturated carbocycles. The van der Waals surface area contributed by atoms with Crippen LogP contribution in [0.5, 0.6) is 11.5 Å². The lowest BCUT2D eigenvalue weighted by Crippen LogP contribution is -2.29. The first-order chi connectivity index (χ1) is 19.5. The zero-order chi connectivity index (χ0) is 29.6. The predicted octanol–water partition coefficient (Wildman–Crippen LogP) is 8.09. The van der Waals surface area contributed by atoms with Gasteiger partial charge >= 0.3 is 0 Å². The van der Waals surface area contributed by atoms with Crippen molar-refractivity contribution in [3.8, 4) is 11.5 Å². The van der Waals surface area contributed by atoms with Gasteiger partial charge in [-0.3, -0.25) is 14.5 Å². The number of anilines is 1. The number of carbonyl (C=O) groups excluding carboxylic acids is 2. The van der Waals surface area contributed by atoms with Crippen LogP contribution in [0.25, 0.3) is 16.5 Å². The van der Waals surface area contributed by atoms with E-state index in [0.717, 1.165) is 16.3 Å². The number of hydrogen-bond donors (Lipinski definition) is 1. The number of halogens is 2. The maximum atomic E-state index is 13.8. The highest BCUT2D eigenvalue weighted by molar-refractivity contribution is 6.52. The molecule has 0 spiro atoms. The molecule has 210 valence electrons. The Hall–Kier alpha value is -4.00. The van der Waals surface area contributed by atoms with E-state index in [1.807, 2.05) is 60.7 Å². The van der Waals surface area contributed by atoms with Gasteiger partial charge in [0.2, 0.25) is 0 Å². The maximum absolute atomic E-state index is 13.8. The molecule has 1 aliphatic heterocycles.